The van der Waals surface area contributed by atoms with Gasteiger partial charge in [-0.15, -0.1) is 0 Å². The number of aliphatic hydroxyl groups excluding tert-OH is 1. The maximum absolute atomic E-state index is 13.9. The minimum Gasteiger partial charge on any atom is -0.477 e. The molecule has 3 N–H and O–H groups in total. The standard InChI is InChI=1S/C28H26F3N3O5.C26H22F3N3O5.C18H19N3O5.C10H9F3O/c1-5-39-24(36)18-14-33(15-9-11-22-20(13-15)27(2,3)25(37)32(22)4)26(38)34(23(18)35)21-12-10-16-17(21)7-6-8-19(16)28(29,30)31;1-25(2)18-11-13(7-9-20(18)30(3)23(25)36)31-12-16(22(34)35)21(33)32(24(31)37)19-10-8-14-15(19)5-4-6-17(14)26(27,28)29;1-5-26-15(23)11-9-21(17(25)19-14(11)22)10-6-7-13-12(8-10)18(2,3)16(24)20(13)4;11-10(12,13)8-3-1-2-7-6(8)4-5-9(7)14/h6-9,11,13-14,21H,5,10,12H2,1-4H3;4-7,9,11-12,19H,8,10H2,1-3H3,(H,34,35);6-9H,5H2,1-4H3,(H,19,22,25);1-3,9,14H,4-5H2. The number of aliphatic hydroxyl groups is 1. The van der Waals surface area contributed by atoms with E-state index >= 15 is 0 Å². The highest BCUT2D eigenvalue weighted by Gasteiger charge is 2.47. The zero-order valence-electron chi connectivity index (χ0n) is 64.1. The van der Waals surface area contributed by atoms with Crippen LogP contribution in [0.1, 0.15) is 191 Å². The van der Waals surface area contributed by atoms with Gasteiger partial charge in [-0.2, -0.15) is 39.5 Å². The van der Waals surface area contributed by atoms with E-state index in [2.05, 4.69) is 4.98 Å². The summed E-state index contributed by atoms with van der Waals surface area (Å²) >= 11 is 0. The van der Waals surface area contributed by atoms with Crippen LogP contribution >= 0.6 is 0 Å². The summed E-state index contributed by atoms with van der Waals surface area (Å²) in [5.74, 6) is -3.69. The van der Waals surface area contributed by atoms with E-state index in [1.807, 2.05) is 0 Å². The number of hydrogen-bond donors (Lipinski definition) is 3. The number of carbonyl (C=O) groups is 6. The number of nitrogens with zero attached hydrogens (tertiary/aromatic N) is 8. The molecule has 25 nitrogen and oxygen atoms in total. The summed E-state index contributed by atoms with van der Waals surface area (Å²) in [6.45, 7) is 13.8. The fourth-order valence-electron chi connectivity index (χ4n) is 16.1. The van der Waals surface area contributed by atoms with Crippen LogP contribution in [0.2, 0.25) is 0 Å². The fourth-order valence-corrected chi connectivity index (χ4v) is 16.1. The first-order valence-electron chi connectivity index (χ1n) is 36.5. The maximum Gasteiger partial charge on any atom is 0.416 e. The second-order valence-corrected chi connectivity index (χ2v) is 30.0. The molecule has 6 aromatic carbocycles. The molecule has 0 fully saturated rings. The first-order valence-corrected chi connectivity index (χ1v) is 36.5. The molecular weight excluding hydrogens is 1540 g/mol. The highest BCUT2D eigenvalue weighted by Crippen LogP contribution is 2.48. The molecule has 6 aliphatic rings. The number of nitrogens with one attached hydrogen (secondary N) is 1. The highest BCUT2D eigenvalue weighted by molar-refractivity contribution is 6.09. The summed E-state index contributed by atoms with van der Waals surface area (Å²) in [5.41, 5.74) is -5.36. The van der Waals surface area contributed by atoms with Gasteiger partial charge < -0.3 is 34.4 Å². The molecule has 3 aliphatic carbocycles. The fraction of sp³-hybridized carbons (Fsp3) is 0.341. The summed E-state index contributed by atoms with van der Waals surface area (Å²) in [6, 6.07) is 23.9. The van der Waals surface area contributed by atoms with Gasteiger partial charge in [-0.05, 0) is 217 Å². The Bertz CT molecular complexity index is 6020. The van der Waals surface area contributed by atoms with Gasteiger partial charge >= 0.3 is 53.5 Å². The molecule has 9 aromatic rings. The van der Waals surface area contributed by atoms with Crippen molar-refractivity contribution in [1.82, 2.24) is 27.8 Å². The molecule has 6 heterocycles. The van der Waals surface area contributed by atoms with Gasteiger partial charge in [0.15, 0.2) is 0 Å². The van der Waals surface area contributed by atoms with Crippen LogP contribution in [0, 0.1) is 0 Å². The van der Waals surface area contributed by atoms with Crippen molar-refractivity contribution in [3.8, 4) is 17.1 Å². The molecule has 3 atom stereocenters. The largest absolute Gasteiger partial charge is 0.477 e. The molecule has 0 saturated carbocycles. The van der Waals surface area contributed by atoms with Crippen LogP contribution in [0.25, 0.3) is 17.1 Å². The predicted octanol–water partition coefficient (Wildman–Crippen LogP) is 11.1. The topological polar surface area (TPSA) is 314 Å². The van der Waals surface area contributed by atoms with Crippen molar-refractivity contribution in [3.63, 3.8) is 0 Å². The van der Waals surface area contributed by atoms with E-state index in [0.29, 0.717) is 46.6 Å². The molecule has 3 amide bonds. The first kappa shape index (κ1) is 83.0. The number of aromatic amines is 1. The van der Waals surface area contributed by atoms with Crippen molar-refractivity contribution in [3.05, 3.63) is 274 Å². The number of likely N-dealkylation sites (N-methyl/N-ethyl adjacent to an activating group) is 3. The molecule has 608 valence electrons. The van der Waals surface area contributed by atoms with Gasteiger partial charge in [-0.1, -0.05) is 36.4 Å². The Morgan fingerprint density at radius 1 is 0.457 bits per heavy atom. The van der Waals surface area contributed by atoms with Crippen LogP contribution in [0.5, 0.6) is 0 Å². The Morgan fingerprint density at radius 3 is 1.16 bits per heavy atom. The molecule has 3 unspecified atom stereocenters. The minimum atomic E-state index is -4.61. The maximum atomic E-state index is 13.9. The summed E-state index contributed by atoms with van der Waals surface area (Å²) in [7, 11) is 4.96. The minimum absolute atomic E-state index is 0.00663. The molecule has 0 spiro atoms. The number of hydrogen-bond acceptors (Lipinski definition) is 15. The number of halogens is 9. The van der Waals surface area contributed by atoms with Gasteiger partial charge in [-0.3, -0.25) is 56.6 Å². The van der Waals surface area contributed by atoms with Crippen molar-refractivity contribution >= 4 is 52.7 Å². The average Bonchev–Trinajstić information content (AvgIpc) is 1.55. The number of amides is 3. The number of anilines is 3. The van der Waals surface area contributed by atoms with Crippen molar-refractivity contribution in [2.45, 2.75) is 147 Å². The Kier molecular flexibility index (Phi) is 21.5. The smallest absolute Gasteiger partial charge is 0.416 e. The lowest BCUT2D eigenvalue weighted by Gasteiger charge is -2.20. The lowest BCUT2D eigenvalue weighted by Crippen LogP contribution is -2.44. The van der Waals surface area contributed by atoms with E-state index in [1.54, 1.807) is 136 Å². The number of ether oxygens (including phenoxy) is 2. The second-order valence-electron chi connectivity index (χ2n) is 30.0. The number of carboxylic acid groups (broad SMARTS) is 1. The summed E-state index contributed by atoms with van der Waals surface area (Å²) < 4.78 is 134. The lowest BCUT2D eigenvalue weighted by atomic mass is 9.86. The van der Waals surface area contributed by atoms with Gasteiger partial charge in [0.05, 0.1) is 81.4 Å². The van der Waals surface area contributed by atoms with Gasteiger partial charge in [0.25, 0.3) is 16.7 Å². The second kappa shape index (κ2) is 30.0. The van der Waals surface area contributed by atoms with Crippen LogP contribution in [0.4, 0.5) is 56.6 Å². The molecule has 0 bridgehead atoms. The van der Waals surface area contributed by atoms with Crippen molar-refractivity contribution in [2.24, 2.45) is 0 Å². The van der Waals surface area contributed by atoms with E-state index in [4.69, 9.17) is 9.47 Å². The average molecular weight is 1610 g/mol. The third-order valence-corrected chi connectivity index (χ3v) is 22.1. The Labute approximate surface area is 652 Å². The summed E-state index contributed by atoms with van der Waals surface area (Å²) in [6.07, 6.45) is -10.3. The normalized spacial score (nSPS) is 17.7. The van der Waals surface area contributed by atoms with Crippen LogP contribution in [-0.4, -0.2) is 108 Å². The quantitative estimate of drug-likeness (QED) is 0.0846. The third kappa shape index (κ3) is 14.3. The molecule has 116 heavy (non-hydrogen) atoms. The third-order valence-electron chi connectivity index (χ3n) is 22.1. The lowest BCUT2D eigenvalue weighted by molar-refractivity contribution is -0.139. The van der Waals surface area contributed by atoms with E-state index in [1.165, 1.54) is 46.2 Å². The van der Waals surface area contributed by atoms with Crippen LogP contribution < -0.4 is 48.4 Å². The van der Waals surface area contributed by atoms with E-state index in [0.717, 1.165) is 70.9 Å². The van der Waals surface area contributed by atoms with Gasteiger partial charge in [0.2, 0.25) is 17.7 Å². The zero-order valence-corrected chi connectivity index (χ0v) is 64.1. The van der Waals surface area contributed by atoms with Crippen molar-refractivity contribution < 1.29 is 88.0 Å². The highest BCUT2D eigenvalue weighted by atomic mass is 19.4. The first-order chi connectivity index (χ1) is 54.2. The van der Waals surface area contributed by atoms with Crippen LogP contribution in [0.15, 0.2) is 157 Å². The number of fused-ring (bicyclic) bond motifs is 6. The SMILES string of the molecule is CCOC(=O)c1cn(-c2ccc3c(c2)C(C)(C)C(=O)N3C)c(=O)[nH]c1=O.CCOC(=O)c1cn(-c2ccc3c(c2)C(C)(C)C(=O)N3C)c(=O)n(C2CCc3c2cccc3C(F)(F)F)c1=O.CN1C(=O)C(C)(C)c2cc(-n3cc(C(=O)O)c(=O)n(C4CCc5c4cccc5C(F)(F)F)c3=O)ccc21.OC1CCc2c1cccc2C(F)(F)F. The van der Waals surface area contributed by atoms with Gasteiger partial charge in [0, 0.05) is 56.8 Å². The Morgan fingerprint density at radius 2 is 0.784 bits per heavy atom. The van der Waals surface area contributed by atoms with E-state index < -0.39 is 132 Å². The summed E-state index contributed by atoms with van der Waals surface area (Å²) in [4.78, 5) is 160. The molecular formula is C82H76F9N9O16. The number of alkyl halides is 9. The summed E-state index contributed by atoms with van der Waals surface area (Å²) in [5, 5.41) is 19.1. The van der Waals surface area contributed by atoms with Crippen LogP contribution in [0.3, 0.4) is 0 Å². The predicted molar refractivity (Wildman–Crippen MR) is 404 cm³/mol. The Hall–Kier alpha value is -12.5. The van der Waals surface area contributed by atoms with Crippen molar-refractivity contribution in [1.29, 1.82) is 0 Å². The Balaban J connectivity index is 0.000000150. The number of esters is 2. The molecule has 0 saturated heterocycles. The van der Waals surface area contributed by atoms with Gasteiger partial charge in [0.1, 0.15) is 16.7 Å². The molecule has 0 radical (unpaired) electrons. The molecule has 34 heteroatoms. The zero-order chi connectivity index (χ0) is 85.0. The number of H-pyrrole nitrogens is 1. The van der Waals surface area contributed by atoms with E-state index in [9.17, 15) is 107 Å². The van der Waals surface area contributed by atoms with E-state index in [-0.39, 0.29) is 101 Å². The number of carbonyl (C=O) groups excluding carboxylic acids is 5. The molecule has 3 aliphatic heterocycles. The number of rotatable bonds is 10. The number of carboxylic acids is 1. The number of aromatic nitrogens is 6. The van der Waals surface area contributed by atoms with Crippen LogP contribution in [-0.2, 0) is 77.9 Å². The molecule has 3 aromatic heterocycles. The monoisotopic (exact) mass is 1610 g/mol. The number of aromatic carboxylic acids is 1. The number of benzene rings is 6. The molecule has 15 rings (SSSR count). The van der Waals surface area contributed by atoms with Gasteiger partial charge in [-0.25, -0.2) is 28.8 Å². The van der Waals surface area contributed by atoms with Crippen molar-refractivity contribution in [2.75, 3.05) is 49.1 Å².